The molecular formula is C59H90O6. The zero-order valence-corrected chi connectivity index (χ0v) is 41.2. The van der Waals surface area contributed by atoms with E-state index in [0.717, 1.165) is 109 Å². The predicted octanol–water partition coefficient (Wildman–Crippen LogP) is 16.9. The summed E-state index contributed by atoms with van der Waals surface area (Å²) in [6, 6.07) is 0. The summed E-state index contributed by atoms with van der Waals surface area (Å²) in [5.41, 5.74) is 0. The van der Waals surface area contributed by atoms with Gasteiger partial charge in [0.05, 0.1) is 0 Å². The lowest BCUT2D eigenvalue weighted by Gasteiger charge is -2.18. The summed E-state index contributed by atoms with van der Waals surface area (Å²) in [5, 5.41) is 0. The molecule has 362 valence electrons. The average Bonchev–Trinajstić information content (AvgIpc) is 3.30. The molecule has 0 radical (unpaired) electrons. The van der Waals surface area contributed by atoms with E-state index in [9.17, 15) is 14.4 Å². The summed E-state index contributed by atoms with van der Waals surface area (Å²) >= 11 is 0. The largest absolute Gasteiger partial charge is 0.462 e. The number of unbranched alkanes of at least 4 members (excludes halogenated alkanes) is 8. The highest BCUT2D eigenvalue weighted by molar-refractivity contribution is 5.71. The highest BCUT2D eigenvalue weighted by Crippen LogP contribution is 2.11. The first-order valence-corrected chi connectivity index (χ1v) is 25.3. The Kier molecular flexibility index (Phi) is 48.2. The van der Waals surface area contributed by atoms with E-state index in [2.05, 4.69) is 142 Å². The van der Waals surface area contributed by atoms with Crippen LogP contribution in [-0.2, 0) is 28.6 Å². The van der Waals surface area contributed by atoms with Crippen molar-refractivity contribution in [2.24, 2.45) is 0 Å². The molecule has 0 aliphatic carbocycles. The smallest absolute Gasteiger partial charge is 0.306 e. The number of rotatable bonds is 43. The predicted molar refractivity (Wildman–Crippen MR) is 279 cm³/mol. The summed E-state index contributed by atoms with van der Waals surface area (Å²) in [7, 11) is 0. The minimum atomic E-state index is -0.850. The minimum Gasteiger partial charge on any atom is -0.462 e. The Bertz CT molecular complexity index is 1490. The summed E-state index contributed by atoms with van der Waals surface area (Å²) in [5.74, 6) is -1.14. The van der Waals surface area contributed by atoms with E-state index in [1.165, 1.54) is 25.7 Å². The van der Waals surface area contributed by atoms with Gasteiger partial charge in [-0.25, -0.2) is 0 Å². The number of hydrogen-bond donors (Lipinski definition) is 0. The van der Waals surface area contributed by atoms with E-state index in [-0.39, 0.29) is 50.4 Å². The highest BCUT2D eigenvalue weighted by atomic mass is 16.6. The fourth-order valence-corrected chi connectivity index (χ4v) is 6.10. The van der Waals surface area contributed by atoms with Gasteiger partial charge in [-0.1, -0.05) is 199 Å². The Morgan fingerprint density at radius 2 is 0.631 bits per heavy atom. The van der Waals surface area contributed by atoms with E-state index < -0.39 is 6.10 Å². The molecule has 0 aromatic heterocycles. The third-order valence-corrected chi connectivity index (χ3v) is 9.84. The second-order valence-corrected chi connectivity index (χ2v) is 16.0. The van der Waals surface area contributed by atoms with Crippen LogP contribution < -0.4 is 0 Å². The minimum absolute atomic E-state index is 0.151. The Labute approximate surface area is 397 Å². The topological polar surface area (TPSA) is 78.9 Å². The fraction of sp³-hybridized carbons (Fsp3) is 0.542. The van der Waals surface area contributed by atoms with Crippen molar-refractivity contribution in [2.75, 3.05) is 13.2 Å². The van der Waals surface area contributed by atoms with Crippen LogP contribution in [0.3, 0.4) is 0 Å². The first-order chi connectivity index (χ1) is 32.0. The summed E-state index contributed by atoms with van der Waals surface area (Å²) in [6.45, 7) is 6.21. The zero-order chi connectivity index (χ0) is 47.2. The molecule has 0 fully saturated rings. The normalized spacial score (nSPS) is 13.3. The van der Waals surface area contributed by atoms with E-state index in [1.807, 2.05) is 24.3 Å². The van der Waals surface area contributed by atoms with Crippen molar-refractivity contribution in [1.29, 1.82) is 0 Å². The van der Waals surface area contributed by atoms with E-state index in [0.29, 0.717) is 12.8 Å². The fourth-order valence-electron chi connectivity index (χ4n) is 6.10. The van der Waals surface area contributed by atoms with Gasteiger partial charge in [0.2, 0.25) is 0 Å². The number of allylic oxidation sites excluding steroid dienone is 24. The molecule has 0 N–H and O–H groups in total. The molecule has 1 atom stereocenters. The number of esters is 3. The van der Waals surface area contributed by atoms with Gasteiger partial charge < -0.3 is 14.2 Å². The van der Waals surface area contributed by atoms with Gasteiger partial charge in [0.1, 0.15) is 13.2 Å². The van der Waals surface area contributed by atoms with Gasteiger partial charge in [0.25, 0.3) is 0 Å². The maximum absolute atomic E-state index is 12.8. The van der Waals surface area contributed by atoms with Crippen molar-refractivity contribution in [2.45, 2.75) is 194 Å². The first kappa shape index (κ1) is 60.3. The van der Waals surface area contributed by atoms with Crippen LogP contribution in [0.5, 0.6) is 0 Å². The lowest BCUT2D eigenvalue weighted by molar-refractivity contribution is -0.166. The third-order valence-electron chi connectivity index (χ3n) is 9.84. The van der Waals surface area contributed by atoms with Crippen molar-refractivity contribution < 1.29 is 28.6 Å². The molecule has 0 saturated carbocycles. The lowest BCUT2D eigenvalue weighted by Crippen LogP contribution is -2.30. The zero-order valence-electron chi connectivity index (χ0n) is 41.2. The summed E-state index contributed by atoms with van der Waals surface area (Å²) < 4.78 is 16.6. The van der Waals surface area contributed by atoms with Gasteiger partial charge >= 0.3 is 17.9 Å². The number of hydrogen-bond acceptors (Lipinski definition) is 6. The van der Waals surface area contributed by atoms with Gasteiger partial charge in [-0.3, -0.25) is 14.4 Å². The Morgan fingerprint density at radius 3 is 1.00 bits per heavy atom. The van der Waals surface area contributed by atoms with Crippen molar-refractivity contribution in [3.05, 3.63) is 146 Å². The van der Waals surface area contributed by atoms with E-state index >= 15 is 0 Å². The second kappa shape index (κ2) is 51.9. The molecule has 0 aromatic rings. The van der Waals surface area contributed by atoms with E-state index in [1.54, 1.807) is 0 Å². The molecule has 0 saturated heterocycles. The number of carbonyl (C=O) groups is 3. The summed E-state index contributed by atoms with van der Waals surface area (Å²) in [4.78, 5) is 37.9. The molecule has 0 bridgehead atoms. The molecule has 0 aromatic carbocycles. The Hall–Kier alpha value is -4.71. The molecule has 1 unspecified atom stereocenters. The van der Waals surface area contributed by atoms with Crippen LogP contribution >= 0.6 is 0 Å². The maximum Gasteiger partial charge on any atom is 0.306 e. The molecule has 0 rings (SSSR count). The molecule has 0 heterocycles. The molecule has 6 nitrogen and oxygen atoms in total. The SMILES string of the molecule is CC/C=C\C/C=C\C/C=C\C/C=C\C/C=C\C/C=C\CCC(=O)OCC(COC(=O)CC/C=C\C/C=C\C/C=C\C/C=C\CC)OC(=O)CCCCCCC/C=C\C/C=C\CCCCC. The molecule has 0 aliphatic heterocycles. The molecule has 0 amide bonds. The van der Waals surface area contributed by atoms with Crippen molar-refractivity contribution in [1.82, 2.24) is 0 Å². The van der Waals surface area contributed by atoms with Crippen LogP contribution in [0, 0.1) is 0 Å². The number of ether oxygens (including phenoxy) is 3. The van der Waals surface area contributed by atoms with Crippen molar-refractivity contribution in [3.8, 4) is 0 Å². The van der Waals surface area contributed by atoms with E-state index in [4.69, 9.17) is 14.2 Å². The Balaban J connectivity index is 4.63. The molecular weight excluding hydrogens is 805 g/mol. The maximum atomic E-state index is 12.8. The van der Waals surface area contributed by atoms with Gasteiger partial charge in [0.15, 0.2) is 6.10 Å². The molecule has 6 heteroatoms. The standard InChI is InChI=1S/C59H90O6/c1-4-7-10-13-16-19-22-25-27-28-29-30-32-34-37-40-43-46-49-52-58(61)64-55-56(54-63-57(60)51-48-45-42-39-36-33-24-21-18-15-12-9-6-3)65-59(62)53-50-47-44-41-38-35-31-26-23-20-17-14-11-8-5-2/h7,9-10,12,16-21,25-27,29-31,33-34,36-37,42-43,45-46,56H,4-6,8,11,13-15,22-24,28,32,35,38-41,44,47-55H2,1-3H3/b10-7-,12-9-,19-16-,20-17-,21-18-,27-25-,30-29-,31-26-,36-33-,37-34-,45-42-,46-43-. The summed E-state index contributed by atoms with van der Waals surface area (Å²) in [6.07, 6.45) is 74.3. The van der Waals surface area contributed by atoms with Crippen LogP contribution in [0.2, 0.25) is 0 Å². The van der Waals surface area contributed by atoms with Gasteiger partial charge in [0, 0.05) is 19.3 Å². The molecule has 0 aliphatic rings. The molecule has 0 spiro atoms. The third kappa shape index (κ3) is 50.2. The van der Waals surface area contributed by atoms with Crippen molar-refractivity contribution >= 4 is 17.9 Å². The van der Waals surface area contributed by atoms with Crippen LogP contribution in [0.4, 0.5) is 0 Å². The highest BCUT2D eigenvalue weighted by Gasteiger charge is 2.19. The quantitative estimate of drug-likeness (QED) is 0.0263. The number of carbonyl (C=O) groups excluding carboxylic acids is 3. The first-order valence-electron chi connectivity index (χ1n) is 25.3. The lowest BCUT2D eigenvalue weighted by atomic mass is 10.1. The van der Waals surface area contributed by atoms with Crippen LogP contribution in [0.1, 0.15) is 188 Å². The van der Waals surface area contributed by atoms with Crippen LogP contribution in [0.25, 0.3) is 0 Å². The monoisotopic (exact) mass is 895 g/mol. The van der Waals surface area contributed by atoms with Crippen LogP contribution in [0.15, 0.2) is 146 Å². The second-order valence-electron chi connectivity index (χ2n) is 16.0. The Morgan fingerprint density at radius 1 is 0.323 bits per heavy atom. The van der Waals surface area contributed by atoms with Gasteiger partial charge in [-0.15, -0.1) is 0 Å². The van der Waals surface area contributed by atoms with Gasteiger partial charge in [-0.2, -0.15) is 0 Å². The van der Waals surface area contributed by atoms with Gasteiger partial charge in [-0.05, 0) is 116 Å². The molecule has 65 heavy (non-hydrogen) atoms. The van der Waals surface area contributed by atoms with Crippen LogP contribution in [-0.4, -0.2) is 37.2 Å². The average molecular weight is 895 g/mol. The van der Waals surface area contributed by atoms with Crippen molar-refractivity contribution in [3.63, 3.8) is 0 Å².